The Bertz CT molecular complexity index is 655. The first kappa shape index (κ1) is 18.6. The number of carbonyl (C=O) groups excluding carboxylic acids is 1. The van der Waals surface area contributed by atoms with Crippen molar-refractivity contribution >= 4 is 26.8 Å². The molecule has 0 aliphatic carbocycles. The molecule has 0 spiro atoms. The topological polar surface area (TPSA) is 211 Å². The quantitative estimate of drug-likeness (QED) is 0.197. The fraction of sp³-hybridized carbons (Fsp3) is 0.222. The lowest BCUT2D eigenvalue weighted by Crippen LogP contribution is -2.40. The summed E-state index contributed by atoms with van der Waals surface area (Å²) < 4.78 is 21.9. The van der Waals surface area contributed by atoms with Gasteiger partial charge in [0.1, 0.15) is 0 Å². The lowest BCUT2D eigenvalue weighted by Gasteiger charge is -2.41. The van der Waals surface area contributed by atoms with Crippen molar-refractivity contribution in [3.8, 4) is 11.5 Å². The average molecular weight is 355 g/mol. The minimum atomic E-state index is -6.06. The lowest BCUT2D eigenvalue weighted by molar-refractivity contribution is -0.226. The normalized spacial score (nSPS) is 19.5. The minimum Gasteiger partial charge on any atom is -0.776 e. The number of nitrogens with one attached hydrogen (secondary N) is 1. The van der Waals surface area contributed by atoms with Crippen molar-refractivity contribution in [2.24, 2.45) is 0 Å². The van der Waals surface area contributed by atoms with Crippen LogP contribution in [0.2, 0.25) is 0 Å². The second-order valence-corrected chi connectivity index (χ2v) is 8.16. The van der Waals surface area contributed by atoms with Crippen LogP contribution in [-0.2, 0) is 13.9 Å². The van der Waals surface area contributed by atoms with Gasteiger partial charge < -0.3 is 49.3 Å². The number of rotatable bonds is 5. The summed E-state index contributed by atoms with van der Waals surface area (Å²) >= 11 is 0. The molecule has 0 bridgehead atoms. The molecule has 11 nitrogen and oxygen atoms in total. The van der Waals surface area contributed by atoms with Crippen LogP contribution in [0, 0.1) is 0 Å². The summed E-state index contributed by atoms with van der Waals surface area (Å²) in [5.41, 5.74) is -0.181. The van der Waals surface area contributed by atoms with Crippen LogP contribution < -0.4 is 15.1 Å². The van der Waals surface area contributed by atoms with Crippen LogP contribution in [0.3, 0.4) is 0 Å². The molecule has 0 saturated carbocycles. The Labute approximate surface area is 123 Å². The molecular weight excluding hydrogens is 344 g/mol. The molecule has 0 aromatic heterocycles. The summed E-state index contributed by atoms with van der Waals surface area (Å²) in [4.78, 5) is 50.9. The molecule has 1 rings (SSSR count). The van der Waals surface area contributed by atoms with Gasteiger partial charge in [0, 0.05) is 11.8 Å². The van der Waals surface area contributed by atoms with Gasteiger partial charge in [0.2, 0.25) is 5.91 Å². The third-order valence-electron chi connectivity index (χ3n) is 2.56. The highest BCUT2D eigenvalue weighted by molar-refractivity contribution is 7.70. The average Bonchev–Trinajstić information content (AvgIpc) is 2.30. The molecular formula is C9H11NO10P2-2. The van der Waals surface area contributed by atoms with Crippen LogP contribution in [0.15, 0.2) is 18.2 Å². The molecule has 0 aliphatic rings. The van der Waals surface area contributed by atoms with E-state index in [0.29, 0.717) is 0 Å². The SMILES string of the molecule is O=C(CC(O)(P(=O)([O-])O)P(=O)([O-])O)Nc1ccc(O)c(O)c1. The number of aromatic hydroxyl groups is 2. The Morgan fingerprint density at radius 2 is 1.64 bits per heavy atom. The van der Waals surface area contributed by atoms with Crippen molar-refractivity contribution in [2.45, 2.75) is 11.5 Å². The van der Waals surface area contributed by atoms with E-state index in [0.717, 1.165) is 18.2 Å². The number of carbonyl (C=O) groups is 1. The maximum atomic E-state index is 11.6. The Kier molecular flexibility index (Phi) is 5.05. The molecule has 6 N–H and O–H groups in total. The van der Waals surface area contributed by atoms with E-state index in [4.69, 9.17) is 14.9 Å². The van der Waals surface area contributed by atoms with Crippen LogP contribution >= 0.6 is 15.2 Å². The standard InChI is InChI=1S/C9H13NO10P2/c11-6-2-1-5(3-7(6)12)10-8(13)4-9(14,21(15,16)17)22(18,19)20/h1-3,11-12,14H,4H2,(H,10,13)(H2,15,16,17)(H2,18,19,20)/p-2. The van der Waals surface area contributed by atoms with E-state index in [9.17, 15) is 33.9 Å². The smallest absolute Gasteiger partial charge is 0.228 e. The Morgan fingerprint density at radius 3 is 2.05 bits per heavy atom. The molecule has 0 radical (unpaired) electrons. The van der Waals surface area contributed by atoms with Crippen molar-refractivity contribution in [1.82, 2.24) is 0 Å². The zero-order valence-electron chi connectivity index (χ0n) is 10.6. The van der Waals surface area contributed by atoms with Gasteiger partial charge in [-0.2, -0.15) is 0 Å². The van der Waals surface area contributed by atoms with Crippen LogP contribution in [0.5, 0.6) is 11.5 Å². The van der Waals surface area contributed by atoms with Gasteiger partial charge in [0.15, 0.2) is 31.8 Å². The lowest BCUT2D eigenvalue weighted by atomic mass is 10.2. The highest BCUT2D eigenvalue weighted by atomic mass is 31.2. The van der Waals surface area contributed by atoms with Gasteiger partial charge >= 0.3 is 0 Å². The highest BCUT2D eigenvalue weighted by Gasteiger charge is 2.48. The summed E-state index contributed by atoms with van der Waals surface area (Å²) in [6.45, 7) is 0. The van der Waals surface area contributed by atoms with Gasteiger partial charge in [0.25, 0.3) is 0 Å². The molecule has 13 heteroatoms. The third kappa shape index (κ3) is 3.84. The predicted molar refractivity (Wildman–Crippen MR) is 67.6 cm³/mol. The molecule has 0 heterocycles. The number of amides is 1. The first-order valence-corrected chi connectivity index (χ1v) is 8.55. The summed E-state index contributed by atoms with van der Waals surface area (Å²) in [5.74, 6) is -2.57. The Hall–Kier alpha value is -1.45. The number of hydrogen-bond donors (Lipinski definition) is 6. The van der Waals surface area contributed by atoms with E-state index in [1.165, 1.54) is 0 Å². The maximum Gasteiger partial charge on any atom is 0.228 e. The number of aliphatic hydroxyl groups is 1. The highest BCUT2D eigenvalue weighted by Crippen LogP contribution is 2.64. The molecule has 1 aromatic rings. The van der Waals surface area contributed by atoms with Gasteiger partial charge in [-0.25, -0.2) is 0 Å². The van der Waals surface area contributed by atoms with Crippen LogP contribution in [0.25, 0.3) is 0 Å². The maximum absolute atomic E-state index is 11.6. The van der Waals surface area contributed by atoms with Gasteiger partial charge in [-0.05, 0) is 12.1 Å². The molecule has 0 fully saturated rings. The fourth-order valence-electron chi connectivity index (χ4n) is 1.38. The second kappa shape index (κ2) is 5.98. The van der Waals surface area contributed by atoms with E-state index in [-0.39, 0.29) is 5.69 Å². The molecule has 124 valence electrons. The molecule has 0 aliphatic heterocycles. The zero-order valence-corrected chi connectivity index (χ0v) is 12.4. The first-order valence-electron chi connectivity index (χ1n) is 5.40. The number of anilines is 1. The van der Waals surface area contributed by atoms with Gasteiger partial charge in [-0.1, -0.05) is 0 Å². The number of phenolic OH excluding ortho intramolecular Hbond substituents is 2. The van der Waals surface area contributed by atoms with Crippen LogP contribution in [0.4, 0.5) is 5.69 Å². The second-order valence-electron chi connectivity index (χ2n) is 4.24. The summed E-state index contributed by atoms with van der Waals surface area (Å²) in [6, 6.07) is 2.88. The summed E-state index contributed by atoms with van der Waals surface area (Å²) in [7, 11) is -12.1. The Morgan fingerprint density at radius 1 is 1.14 bits per heavy atom. The summed E-state index contributed by atoms with van der Waals surface area (Å²) in [6.07, 6.45) is -1.72. The predicted octanol–water partition coefficient (Wildman–Crippen LogP) is -1.84. The van der Waals surface area contributed by atoms with E-state index < -0.39 is 44.1 Å². The van der Waals surface area contributed by atoms with Crippen molar-refractivity contribution < 1.29 is 48.8 Å². The number of hydrogen-bond acceptors (Lipinski definition) is 8. The fourth-order valence-corrected chi connectivity index (χ4v) is 3.35. The largest absolute Gasteiger partial charge is 0.776 e. The monoisotopic (exact) mass is 355 g/mol. The minimum absolute atomic E-state index is 0.181. The number of benzene rings is 1. The van der Waals surface area contributed by atoms with Crippen molar-refractivity contribution in [2.75, 3.05) is 5.32 Å². The first-order chi connectivity index (χ1) is 9.78. The van der Waals surface area contributed by atoms with Gasteiger partial charge in [-0.3, -0.25) is 4.79 Å². The van der Waals surface area contributed by atoms with Gasteiger partial charge in [-0.15, -0.1) is 0 Å². The van der Waals surface area contributed by atoms with Crippen molar-refractivity contribution in [3.63, 3.8) is 0 Å². The zero-order chi connectivity index (χ0) is 17.3. The van der Waals surface area contributed by atoms with Crippen molar-refractivity contribution in [3.05, 3.63) is 18.2 Å². The Balaban J connectivity index is 3.01. The van der Waals surface area contributed by atoms with E-state index >= 15 is 0 Å². The van der Waals surface area contributed by atoms with Crippen LogP contribution in [-0.4, -0.2) is 36.1 Å². The van der Waals surface area contributed by atoms with E-state index in [1.54, 1.807) is 0 Å². The van der Waals surface area contributed by atoms with E-state index in [1.807, 2.05) is 5.32 Å². The summed E-state index contributed by atoms with van der Waals surface area (Å²) in [5, 5.41) is 25.5. The molecule has 22 heavy (non-hydrogen) atoms. The van der Waals surface area contributed by atoms with Crippen LogP contribution in [0.1, 0.15) is 6.42 Å². The molecule has 1 aromatic carbocycles. The molecule has 1 amide bonds. The molecule has 2 unspecified atom stereocenters. The number of phenols is 2. The molecule has 2 atom stereocenters. The van der Waals surface area contributed by atoms with Gasteiger partial charge in [0.05, 0.1) is 6.42 Å². The van der Waals surface area contributed by atoms with E-state index in [2.05, 4.69) is 0 Å². The van der Waals surface area contributed by atoms with Crippen molar-refractivity contribution in [1.29, 1.82) is 0 Å². The third-order valence-corrected chi connectivity index (χ3v) is 6.20. The molecule has 0 saturated heterocycles.